The first-order chi connectivity index (χ1) is 12.1. The van der Waals surface area contributed by atoms with Crippen molar-refractivity contribution in [1.29, 1.82) is 0 Å². The molecule has 0 spiro atoms. The molecule has 1 saturated heterocycles. The molecule has 0 saturated carbocycles. The van der Waals surface area contributed by atoms with Crippen molar-refractivity contribution in [1.82, 2.24) is 19.8 Å². The van der Waals surface area contributed by atoms with E-state index in [0.29, 0.717) is 17.2 Å². The lowest BCUT2D eigenvalue weighted by Crippen LogP contribution is -2.47. The van der Waals surface area contributed by atoms with Crippen LogP contribution in [0.3, 0.4) is 0 Å². The predicted molar refractivity (Wildman–Crippen MR) is 99.8 cm³/mol. The zero-order valence-corrected chi connectivity index (χ0v) is 15.1. The van der Waals surface area contributed by atoms with Gasteiger partial charge in [0.05, 0.1) is 0 Å². The molecular formula is C19H25N5O. The van der Waals surface area contributed by atoms with E-state index in [-0.39, 0.29) is 5.91 Å². The van der Waals surface area contributed by atoms with Crippen LogP contribution in [-0.2, 0) is 0 Å². The summed E-state index contributed by atoms with van der Waals surface area (Å²) in [7, 11) is 4.04. The number of piperazine rings is 1. The third kappa shape index (κ3) is 3.79. The van der Waals surface area contributed by atoms with Crippen LogP contribution in [0.15, 0.2) is 36.5 Å². The summed E-state index contributed by atoms with van der Waals surface area (Å²) in [5, 5.41) is 0. The van der Waals surface area contributed by atoms with Gasteiger partial charge in [0.1, 0.15) is 11.4 Å². The van der Waals surface area contributed by atoms with Crippen molar-refractivity contribution in [2.75, 3.05) is 51.7 Å². The van der Waals surface area contributed by atoms with Crippen LogP contribution < -0.4 is 4.90 Å². The van der Waals surface area contributed by atoms with E-state index in [2.05, 4.69) is 23.9 Å². The van der Waals surface area contributed by atoms with Gasteiger partial charge in [-0.1, -0.05) is 30.3 Å². The maximum atomic E-state index is 13.0. The fraction of sp³-hybridized carbons (Fsp3) is 0.421. The molecule has 1 fully saturated rings. The minimum atomic E-state index is 0.0167. The Morgan fingerprint density at radius 2 is 1.84 bits per heavy atom. The number of amides is 1. The number of hydrogen-bond acceptors (Lipinski definition) is 5. The van der Waals surface area contributed by atoms with Gasteiger partial charge in [-0.05, 0) is 14.0 Å². The van der Waals surface area contributed by atoms with E-state index >= 15 is 0 Å². The predicted octanol–water partition coefficient (Wildman–Crippen LogP) is 1.99. The Hall–Kier alpha value is -2.47. The highest BCUT2D eigenvalue weighted by Gasteiger charge is 2.25. The second-order valence-electron chi connectivity index (χ2n) is 6.41. The lowest BCUT2D eigenvalue weighted by Gasteiger charge is -2.33. The van der Waals surface area contributed by atoms with Crippen molar-refractivity contribution in [3.63, 3.8) is 0 Å². The summed E-state index contributed by atoms with van der Waals surface area (Å²) in [5.41, 5.74) is 1.53. The SMILES string of the molecule is CCN(C)c1nc(-c2ccccc2)ncc1C(=O)N1CCN(C)CC1. The standard InChI is InChI=1S/C19H25N5O/c1-4-23(3)18-16(19(25)24-12-10-22(2)11-13-24)14-20-17(21-18)15-8-6-5-7-9-15/h5-9,14H,4,10-13H2,1-3H3. The van der Waals surface area contributed by atoms with Gasteiger partial charge in [-0.25, -0.2) is 9.97 Å². The number of carbonyl (C=O) groups is 1. The largest absolute Gasteiger partial charge is 0.359 e. The van der Waals surface area contributed by atoms with Crippen LogP contribution in [0.5, 0.6) is 0 Å². The highest BCUT2D eigenvalue weighted by molar-refractivity contribution is 5.99. The van der Waals surface area contributed by atoms with Gasteiger partial charge in [0.25, 0.3) is 5.91 Å². The van der Waals surface area contributed by atoms with Gasteiger partial charge >= 0.3 is 0 Å². The van der Waals surface area contributed by atoms with Gasteiger partial charge in [-0.15, -0.1) is 0 Å². The molecule has 6 nitrogen and oxygen atoms in total. The summed E-state index contributed by atoms with van der Waals surface area (Å²) in [4.78, 5) is 28.3. The molecule has 1 aliphatic heterocycles. The van der Waals surface area contributed by atoms with Gasteiger partial charge in [0.15, 0.2) is 5.82 Å². The fourth-order valence-electron chi connectivity index (χ4n) is 2.87. The van der Waals surface area contributed by atoms with E-state index in [1.54, 1.807) is 6.20 Å². The molecule has 3 rings (SSSR count). The van der Waals surface area contributed by atoms with Crippen molar-refractivity contribution < 1.29 is 4.79 Å². The number of carbonyl (C=O) groups excluding carboxylic acids is 1. The van der Waals surface area contributed by atoms with E-state index in [9.17, 15) is 4.79 Å². The summed E-state index contributed by atoms with van der Waals surface area (Å²) in [5.74, 6) is 1.36. The Morgan fingerprint density at radius 3 is 2.48 bits per heavy atom. The zero-order valence-electron chi connectivity index (χ0n) is 15.1. The molecule has 25 heavy (non-hydrogen) atoms. The number of anilines is 1. The normalized spacial score (nSPS) is 15.2. The van der Waals surface area contributed by atoms with E-state index < -0.39 is 0 Å². The Kier molecular flexibility index (Phi) is 5.28. The maximum absolute atomic E-state index is 13.0. The first kappa shape index (κ1) is 17.4. The third-order valence-corrected chi connectivity index (χ3v) is 4.66. The van der Waals surface area contributed by atoms with E-state index in [4.69, 9.17) is 4.98 Å². The Balaban J connectivity index is 1.94. The van der Waals surface area contributed by atoms with Crippen LogP contribution in [0.1, 0.15) is 17.3 Å². The minimum Gasteiger partial charge on any atom is -0.359 e. The third-order valence-electron chi connectivity index (χ3n) is 4.66. The van der Waals surface area contributed by atoms with Crippen molar-refractivity contribution >= 4 is 11.7 Å². The van der Waals surface area contributed by atoms with Crippen molar-refractivity contribution in [2.45, 2.75) is 6.92 Å². The molecule has 0 aliphatic carbocycles. The Labute approximate surface area is 149 Å². The van der Waals surface area contributed by atoms with Crippen LogP contribution in [0.4, 0.5) is 5.82 Å². The first-order valence-electron chi connectivity index (χ1n) is 8.71. The second kappa shape index (κ2) is 7.61. The molecule has 0 N–H and O–H groups in total. The molecule has 6 heteroatoms. The van der Waals surface area contributed by atoms with Crippen LogP contribution in [0, 0.1) is 0 Å². The van der Waals surface area contributed by atoms with Gasteiger partial charge in [0.2, 0.25) is 0 Å². The lowest BCUT2D eigenvalue weighted by atomic mass is 10.2. The number of likely N-dealkylation sites (N-methyl/N-ethyl adjacent to an activating group) is 1. The molecule has 1 aromatic heterocycles. The number of rotatable bonds is 4. The first-order valence-corrected chi connectivity index (χ1v) is 8.71. The number of nitrogens with zero attached hydrogens (tertiary/aromatic N) is 5. The summed E-state index contributed by atoms with van der Waals surface area (Å²) in [6.07, 6.45) is 1.68. The average Bonchev–Trinajstić information content (AvgIpc) is 2.67. The van der Waals surface area contributed by atoms with Crippen LogP contribution in [0.25, 0.3) is 11.4 Å². The summed E-state index contributed by atoms with van der Waals surface area (Å²) in [6, 6.07) is 9.85. The average molecular weight is 339 g/mol. The van der Waals surface area contributed by atoms with Gasteiger partial charge < -0.3 is 14.7 Å². The smallest absolute Gasteiger partial charge is 0.259 e. The van der Waals surface area contributed by atoms with E-state index in [1.165, 1.54) is 0 Å². The maximum Gasteiger partial charge on any atom is 0.259 e. The van der Waals surface area contributed by atoms with Crippen molar-refractivity contribution in [3.8, 4) is 11.4 Å². The Morgan fingerprint density at radius 1 is 1.16 bits per heavy atom. The topological polar surface area (TPSA) is 52.6 Å². The van der Waals surface area contributed by atoms with Gasteiger partial charge in [-0.2, -0.15) is 0 Å². The second-order valence-corrected chi connectivity index (χ2v) is 6.41. The van der Waals surface area contributed by atoms with Crippen molar-refractivity contribution in [2.24, 2.45) is 0 Å². The monoisotopic (exact) mass is 339 g/mol. The zero-order chi connectivity index (χ0) is 17.8. The molecule has 0 bridgehead atoms. The fourth-order valence-corrected chi connectivity index (χ4v) is 2.87. The molecule has 2 aromatic rings. The Bertz CT molecular complexity index is 726. The van der Waals surface area contributed by atoms with Crippen molar-refractivity contribution in [3.05, 3.63) is 42.1 Å². The van der Waals surface area contributed by atoms with E-state index in [1.807, 2.05) is 47.2 Å². The number of aromatic nitrogens is 2. The molecule has 0 radical (unpaired) electrons. The summed E-state index contributed by atoms with van der Waals surface area (Å²) >= 11 is 0. The van der Waals surface area contributed by atoms with E-state index in [0.717, 1.165) is 38.3 Å². The van der Waals surface area contributed by atoms with Crippen LogP contribution >= 0.6 is 0 Å². The quantitative estimate of drug-likeness (QED) is 0.853. The number of hydrogen-bond donors (Lipinski definition) is 0. The minimum absolute atomic E-state index is 0.0167. The molecular weight excluding hydrogens is 314 g/mol. The molecule has 1 aromatic carbocycles. The lowest BCUT2D eigenvalue weighted by molar-refractivity contribution is 0.0664. The molecule has 0 atom stereocenters. The van der Waals surface area contributed by atoms with Crippen LogP contribution in [-0.4, -0.2) is 72.5 Å². The number of benzene rings is 1. The van der Waals surface area contributed by atoms with Gasteiger partial charge in [-0.3, -0.25) is 4.79 Å². The molecule has 0 unspecified atom stereocenters. The van der Waals surface area contributed by atoms with Gasteiger partial charge in [0, 0.05) is 51.5 Å². The molecule has 1 amide bonds. The highest BCUT2D eigenvalue weighted by Crippen LogP contribution is 2.23. The van der Waals surface area contributed by atoms with Crippen LogP contribution in [0.2, 0.25) is 0 Å². The molecule has 132 valence electrons. The molecule has 2 heterocycles. The molecule has 1 aliphatic rings. The summed E-state index contributed by atoms with van der Waals surface area (Å²) < 4.78 is 0. The summed E-state index contributed by atoms with van der Waals surface area (Å²) in [6.45, 7) is 6.10. The highest BCUT2D eigenvalue weighted by atomic mass is 16.2.